The molecule has 13 rings (SSSR count). The minimum absolute atomic E-state index is 0.261. The topological polar surface area (TPSA) is 121 Å². The fourth-order valence-corrected chi connectivity index (χ4v) is 9.22. The Hall–Kier alpha value is -8.28. The van der Waals surface area contributed by atoms with Crippen LogP contribution in [0.25, 0.3) is 43.1 Å². The Morgan fingerprint density at radius 1 is 0.349 bits per heavy atom. The molecule has 11 heteroatoms. The molecular formula is C52H32N2O9. The molecule has 10 bridgehead atoms. The van der Waals surface area contributed by atoms with Gasteiger partial charge in [0, 0.05) is 55.6 Å². The van der Waals surface area contributed by atoms with E-state index in [2.05, 4.69) is 0 Å². The first-order chi connectivity index (χ1) is 30.9. The molecule has 4 aliphatic heterocycles. The molecule has 4 amide bonds. The van der Waals surface area contributed by atoms with Gasteiger partial charge in [-0.2, -0.15) is 0 Å². The van der Waals surface area contributed by atoms with Crippen molar-refractivity contribution in [2.75, 3.05) is 36.2 Å². The second kappa shape index (κ2) is 14.2. The second-order valence-corrected chi connectivity index (χ2v) is 15.4. The van der Waals surface area contributed by atoms with Gasteiger partial charge < -0.3 is 23.7 Å². The van der Waals surface area contributed by atoms with E-state index in [0.717, 1.165) is 0 Å². The van der Waals surface area contributed by atoms with Crippen LogP contribution in [0.5, 0.6) is 34.5 Å². The molecule has 0 unspecified atom stereocenters. The van der Waals surface area contributed by atoms with E-state index < -0.39 is 23.6 Å². The highest BCUT2D eigenvalue weighted by Gasteiger charge is 2.40. The van der Waals surface area contributed by atoms with Crippen molar-refractivity contribution in [3.63, 3.8) is 0 Å². The summed E-state index contributed by atoms with van der Waals surface area (Å²) in [5.41, 5.74) is 2.03. The predicted molar refractivity (Wildman–Crippen MR) is 238 cm³/mol. The summed E-state index contributed by atoms with van der Waals surface area (Å²) in [6, 6.07) is 42.5. The van der Waals surface area contributed by atoms with Gasteiger partial charge in [0.25, 0.3) is 23.6 Å². The summed E-state index contributed by atoms with van der Waals surface area (Å²) in [7, 11) is 0. The van der Waals surface area contributed by atoms with Gasteiger partial charge in [-0.05, 0) is 83.6 Å². The lowest BCUT2D eigenvalue weighted by Crippen LogP contribution is -2.40. The van der Waals surface area contributed by atoms with Crippen LogP contribution in [0, 0.1) is 0 Å². The van der Waals surface area contributed by atoms with Crippen LogP contribution >= 0.6 is 0 Å². The zero-order valence-corrected chi connectivity index (χ0v) is 33.3. The van der Waals surface area contributed by atoms with Crippen LogP contribution in [-0.4, -0.2) is 50.1 Å². The third-order valence-corrected chi connectivity index (χ3v) is 11.9. The number of fused-ring (bicyclic) bond motifs is 6. The van der Waals surface area contributed by atoms with Gasteiger partial charge in [0.1, 0.15) is 47.7 Å². The minimum Gasteiger partial charge on any atom is -0.491 e. The molecule has 9 aromatic carbocycles. The van der Waals surface area contributed by atoms with E-state index in [9.17, 15) is 19.2 Å². The number of anilines is 2. The zero-order chi connectivity index (χ0) is 42.3. The number of carbonyl (C=O) groups is 4. The average Bonchev–Trinajstić information content (AvgIpc) is 3.30. The van der Waals surface area contributed by atoms with E-state index in [0.29, 0.717) is 113 Å². The molecule has 63 heavy (non-hydrogen) atoms. The van der Waals surface area contributed by atoms with Gasteiger partial charge in [-0.25, -0.2) is 9.80 Å². The third kappa shape index (κ3) is 5.63. The molecule has 0 aliphatic carbocycles. The van der Waals surface area contributed by atoms with Gasteiger partial charge in [0.2, 0.25) is 0 Å². The van der Waals surface area contributed by atoms with Crippen LogP contribution in [-0.2, 0) is 4.74 Å². The lowest BCUT2D eigenvalue weighted by molar-refractivity contribution is 0.0763. The van der Waals surface area contributed by atoms with Gasteiger partial charge in [-0.1, -0.05) is 60.7 Å². The average molecular weight is 829 g/mol. The van der Waals surface area contributed by atoms with Gasteiger partial charge in [0.15, 0.2) is 0 Å². The first kappa shape index (κ1) is 36.6. The molecule has 4 aliphatic rings. The highest BCUT2D eigenvalue weighted by atomic mass is 16.5. The van der Waals surface area contributed by atoms with Crippen molar-refractivity contribution in [3.8, 4) is 34.5 Å². The van der Waals surface area contributed by atoms with Gasteiger partial charge in [-0.15, -0.1) is 0 Å². The smallest absolute Gasteiger partial charge is 0.266 e. The maximum atomic E-state index is 14.8. The molecule has 9 aromatic rings. The van der Waals surface area contributed by atoms with E-state index >= 15 is 0 Å². The first-order valence-electron chi connectivity index (χ1n) is 20.5. The molecule has 0 fully saturated rings. The fraction of sp³-hybridized carbons (Fsp3) is 0.0769. The Morgan fingerprint density at radius 3 is 1.21 bits per heavy atom. The number of benzene rings is 9. The SMILES string of the molecule is O=C1c2ccc3c4c5cc6c7c(ccc(c8c(cc(c2c38)C(=O)N1c1ccccc1)Oc1cccc(c1)OCCOCCOc1cccc(c1)O5)c74)C(=O)N(c1ccccc1)C6=O. The molecule has 0 saturated heterocycles. The van der Waals surface area contributed by atoms with Crippen molar-refractivity contribution in [1.29, 1.82) is 0 Å². The first-order valence-corrected chi connectivity index (χ1v) is 20.5. The molecule has 304 valence electrons. The molecule has 4 heterocycles. The molecule has 0 spiro atoms. The summed E-state index contributed by atoms with van der Waals surface area (Å²) >= 11 is 0. The third-order valence-electron chi connectivity index (χ3n) is 11.9. The van der Waals surface area contributed by atoms with Crippen molar-refractivity contribution in [2.45, 2.75) is 0 Å². The monoisotopic (exact) mass is 828 g/mol. The Balaban J connectivity index is 1.21. The van der Waals surface area contributed by atoms with Crippen molar-refractivity contribution in [2.24, 2.45) is 0 Å². The van der Waals surface area contributed by atoms with E-state index in [-0.39, 0.29) is 24.3 Å². The second-order valence-electron chi connectivity index (χ2n) is 15.4. The Labute approximate surface area is 358 Å². The number of hydrogen-bond donors (Lipinski definition) is 0. The highest BCUT2D eigenvalue weighted by molar-refractivity contribution is 6.46. The summed E-state index contributed by atoms with van der Waals surface area (Å²) in [6.07, 6.45) is 0. The van der Waals surface area contributed by atoms with Crippen molar-refractivity contribution in [1.82, 2.24) is 0 Å². The molecule has 0 radical (unpaired) electrons. The number of ether oxygens (including phenoxy) is 5. The van der Waals surface area contributed by atoms with Gasteiger partial charge in [-0.3, -0.25) is 19.2 Å². The number of hydrogen-bond acceptors (Lipinski definition) is 9. The van der Waals surface area contributed by atoms with Crippen LogP contribution in [0.4, 0.5) is 11.4 Å². The molecule has 11 nitrogen and oxygen atoms in total. The van der Waals surface area contributed by atoms with Crippen molar-refractivity contribution in [3.05, 3.63) is 168 Å². The number of amides is 4. The highest BCUT2D eigenvalue weighted by Crippen LogP contribution is 2.53. The summed E-state index contributed by atoms with van der Waals surface area (Å²) in [6.45, 7) is 1.17. The van der Waals surface area contributed by atoms with Crippen LogP contribution in [0.1, 0.15) is 41.4 Å². The maximum absolute atomic E-state index is 14.8. The Bertz CT molecular complexity index is 3200. The lowest BCUT2D eigenvalue weighted by Gasteiger charge is -2.31. The molecule has 0 atom stereocenters. The maximum Gasteiger partial charge on any atom is 0.266 e. The summed E-state index contributed by atoms with van der Waals surface area (Å²) in [5, 5.41) is 4.47. The van der Waals surface area contributed by atoms with Crippen LogP contribution in [0.3, 0.4) is 0 Å². The van der Waals surface area contributed by atoms with Crippen molar-refractivity contribution >= 4 is 78.1 Å². The number of imide groups is 2. The molecular weight excluding hydrogens is 797 g/mol. The van der Waals surface area contributed by atoms with Crippen LogP contribution < -0.4 is 28.7 Å². The number of para-hydroxylation sites is 2. The van der Waals surface area contributed by atoms with E-state index in [1.54, 1.807) is 97.1 Å². The minimum atomic E-state index is -0.517. The Kier molecular flexibility index (Phi) is 8.21. The number of rotatable bonds is 2. The predicted octanol–water partition coefficient (Wildman–Crippen LogP) is 10.7. The lowest BCUT2D eigenvalue weighted by atomic mass is 9.81. The quantitative estimate of drug-likeness (QED) is 0.0725. The summed E-state index contributed by atoms with van der Waals surface area (Å²) < 4.78 is 31.6. The zero-order valence-electron chi connectivity index (χ0n) is 33.3. The van der Waals surface area contributed by atoms with Crippen LogP contribution in [0.2, 0.25) is 0 Å². The Morgan fingerprint density at radius 2 is 0.762 bits per heavy atom. The number of carbonyl (C=O) groups excluding carboxylic acids is 4. The molecule has 0 aromatic heterocycles. The normalized spacial score (nSPS) is 15.2. The van der Waals surface area contributed by atoms with E-state index in [1.165, 1.54) is 9.80 Å². The van der Waals surface area contributed by atoms with Gasteiger partial charge >= 0.3 is 0 Å². The summed E-state index contributed by atoms with van der Waals surface area (Å²) in [4.78, 5) is 61.1. The largest absolute Gasteiger partial charge is 0.491 e. The number of nitrogens with zero attached hydrogens (tertiary/aromatic N) is 2. The van der Waals surface area contributed by atoms with Crippen molar-refractivity contribution < 1.29 is 42.9 Å². The summed E-state index contributed by atoms with van der Waals surface area (Å²) in [5.74, 6) is 0.573. The standard InChI is InChI=1S/C52H32N2O9/c55-49-37-19-17-35-46-42-28-40-44-38(50(56)54(52(40)58)30-11-5-2-6-12-30)20-18-36(48(44)46)45-41(27-39(43(37)47(35)45)51(57)53(49)29-9-3-1-4-10-29)62-33-15-7-13-31(25-33)60-23-21-59-22-24-61-32-14-8-16-34(26-32)63-42/h1-20,25-28H,21-24H2. The van der Waals surface area contributed by atoms with Gasteiger partial charge in [0.05, 0.1) is 35.7 Å². The molecule has 0 N–H and O–H groups in total. The van der Waals surface area contributed by atoms with E-state index in [4.69, 9.17) is 23.7 Å². The molecule has 0 saturated carbocycles. The van der Waals surface area contributed by atoms with E-state index in [1.807, 2.05) is 48.5 Å². The van der Waals surface area contributed by atoms with Crippen LogP contribution in [0.15, 0.2) is 146 Å². The fourth-order valence-electron chi connectivity index (χ4n) is 9.22.